The summed E-state index contributed by atoms with van der Waals surface area (Å²) < 4.78 is 10.8. The van der Waals surface area contributed by atoms with Crippen LogP contribution in [0.15, 0.2) is 46.9 Å². The second-order valence-corrected chi connectivity index (χ2v) is 3.88. The number of nitrogens with zero attached hydrogens (tertiary/aromatic N) is 1. The Morgan fingerprint density at radius 3 is 2.67 bits per heavy atom. The van der Waals surface area contributed by atoms with Gasteiger partial charge in [-0.05, 0) is 12.1 Å². The van der Waals surface area contributed by atoms with Crippen LogP contribution in [0.2, 0.25) is 0 Å². The third kappa shape index (κ3) is 1.68. The molecule has 4 nitrogen and oxygen atoms in total. The summed E-state index contributed by atoms with van der Waals surface area (Å²) in [5.74, 6) is 1.08. The molecule has 1 heterocycles. The lowest BCUT2D eigenvalue weighted by Gasteiger charge is -1.99. The van der Waals surface area contributed by atoms with E-state index in [1.165, 1.54) is 13.2 Å². The zero-order valence-electron chi connectivity index (χ0n) is 9.75. The fraction of sp³-hybridized carbons (Fsp3) is 0.0714. The molecule has 3 aromatic rings. The molecule has 0 saturated carbocycles. The van der Waals surface area contributed by atoms with Crippen LogP contribution in [0.25, 0.3) is 22.6 Å². The maximum atomic E-state index is 9.56. The predicted molar refractivity (Wildman–Crippen MR) is 67.7 cm³/mol. The number of aromatic hydroxyl groups is 1. The summed E-state index contributed by atoms with van der Waals surface area (Å²) in [5.41, 5.74) is 2.00. The number of hydrogen-bond donors (Lipinski definition) is 1. The molecule has 18 heavy (non-hydrogen) atoms. The van der Waals surface area contributed by atoms with Gasteiger partial charge >= 0.3 is 0 Å². The zero-order chi connectivity index (χ0) is 12.5. The van der Waals surface area contributed by atoms with E-state index in [1.807, 2.05) is 30.3 Å². The van der Waals surface area contributed by atoms with Crippen LogP contribution in [0.4, 0.5) is 0 Å². The highest BCUT2D eigenvalue weighted by Gasteiger charge is 2.13. The van der Waals surface area contributed by atoms with Gasteiger partial charge in [0.25, 0.3) is 0 Å². The van der Waals surface area contributed by atoms with Crippen molar-refractivity contribution in [3.63, 3.8) is 0 Å². The van der Waals surface area contributed by atoms with Gasteiger partial charge in [0.15, 0.2) is 11.3 Å². The summed E-state index contributed by atoms with van der Waals surface area (Å²) >= 11 is 0. The van der Waals surface area contributed by atoms with E-state index in [1.54, 1.807) is 6.07 Å². The van der Waals surface area contributed by atoms with E-state index in [-0.39, 0.29) is 5.75 Å². The first-order valence-corrected chi connectivity index (χ1v) is 5.51. The SMILES string of the molecule is COc1cc(O)cc2nc(-c3ccccc3)oc12. The Morgan fingerprint density at radius 2 is 1.94 bits per heavy atom. The first-order chi connectivity index (χ1) is 8.78. The quantitative estimate of drug-likeness (QED) is 0.748. The molecule has 1 aromatic heterocycles. The number of phenolic OH excluding ortho intramolecular Hbond substituents is 1. The average molecular weight is 241 g/mol. The molecular formula is C14H11NO3. The third-order valence-electron chi connectivity index (χ3n) is 2.68. The van der Waals surface area contributed by atoms with Gasteiger partial charge in [0, 0.05) is 17.7 Å². The third-order valence-corrected chi connectivity index (χ3v) is 2.68. The Labute approximate surface area is 103 Å². The van der Waals surface area contributed by atoms with Gasteiger partial charge in [-0.2, -0.15) is 0 Å². The lowest BCUT2D eigenvalue weighted by Crippen LogP contribution is -1.82. The molecule has 0 amide bonds. The lowest BCUT2D eigenvalue weighted by atomic mass is 10.2. The smallest absolute Gasteiger partial charge is 0.227 e. The number of ether oxygens (including phenoxy) is 1. The highest BCUT2D eigenvalue weighted by Crippen LogP contribution is 2.33. The van der Waals surface area contributed by atoms with Crippen molar-refractivity contribution in [1.29, 1.82) is 0 Å². The molecule has 3 rings (SSSR count). The Hall–Kier alpha value is -2.49. The molecule has 0 aliphatic carbocycles. The van der Waals surface area contributed by atoms with Crippen LogP contribution < -0.4 is 4.74 Å². The Kier molecular flexibility index (Phi) is 2.41. The Balaban J connectivity index is 2.23. The first kappa shape index (κ1) is 10.7. The Morgan fingerprint density at radius 1 is 1.17 bits per heavy atom. The molecule has 2 aromatic carbocycles. The van der Waals surface area contributed by atoms with Crippen molar-refractivity contribution in [2.45, 2.75) is 0 Å². The van der Waals surface area contributed by atoms with Crippen LogP contribution >= 0.6 is 0 Å². The average Bonchev–Trinajstić information content (AvgIpc) is 2.82. The molecule has 0 spiro atoms. The number of hydrogen-bond acceptors (Lipinski definition) is 4. The van der Waals surface area contributed by atoms with Crippen LogP contribution in [-0.4, -0.2) is 17.2 Å². The second kappa shape index (κ2) is 4.07. The summed E-state index contributed by atoms with van der Waals surface area (Å²) in [6, 6.07) is 12.6. The van der Waals surface area contributed by atoms with Gasteiger partial charge in [0.2, 0.25) is 5.89 Å². The highest BCUT2D eigenvalue weighted by molar-refractivity contribution is 5.83. The molecule has 4 heteroatoms. The minimum atomic E-state index is 0.104. The normalized spacial score (nSPS) is 10.7. The molecule has 0 fully saturated rings. The predicted octanol–water partition coefficient (Wildman–Crippen LogP) is 3.21. The fourth-order valence-corrected chi connectivity index (χ4v) is 1.84. The molecule has 90 valence electrons. The largest absolute Gasteiger partial charge is 0.508 e. The molecule has 0 unspecified atom stereocenters. The van der Waals surface area contributed by atoms with Crippen LogP contribution in [0, 0.1) is 0 Å². The van der Waals surface area contributed by atoms with Gasteiger partial charge in [-0.15, -0.1) is 0 Å². The van der Waals surface area contributed by atoms with Crippen LogP contribution in [0.3, 0.4) is 0 Å². The highest BCUT2D eigenvalue weighted by atomic mass is 16.5. The minimum absolute atomic E-state index is 0.104. The van der Waals surface area contributed by atoms with Gasteiger partial charge < -0.3 is 14.3 Å². The monoisotopic (exact) mass is 241 g/mol. The molecule has 0 aliphatic heterocycles. The first-order valence-electron chi connectivity index (χ1n) is 5.51. The maximum Gasteiger partial charge on any atom is 0.227 e. The molecule has 1 N–H and O–H groups in total. The lowest BCUT2D eigenvalue weighted by molar-refractivity contribution is 0.404. The van der Waals surface area contributed by atoms with Crippen LogP contribution in [0.5, 0.6) is 11.5 Å². The summed E-state index contributed by atoms with van der Waals surface area (Å²) in [6.45, 7) is 0. The van der Waals surface area contributed by atoms with Crippen molar-refractivity contribution in [1.82, 2.24) is 4.98 Å². The summed E-state index contributed by atoms with van der Waals surface area (Å²) in [7, 11) is 1.53. The topological polar surface area (TPSA) is 55.5 Å². The molecule has 0 atom stereocenters. The molecule has 0 radical (unpaired) electrons. The number of aromatic nitrogens is 1. The second-order valence-electron chi connectivity index (χ2n) is 3.88. The van der Waals surface area contributed by atoms with Gasteiger partial charge in [-0.3, -0.25) is 0 Å². The van der Waals surface area contributed by atoms with E-state index in [4.69, 9.17) is 9.15 Å². The summed E-state index contributed by atoms with van der Waals surface area (Å²) in [4.78, 5) is 4.35. The van der Waals surface area contributed by atoms with Gasteiger partial charge in [-0.25, -0.2) is 4.98 Å². The maximum absolute atomic E-state index is 9.56. The van der Waals surface area contributed by atoms with Crippen LogP contribution in [-0.2, 0) is 0 Å². The summed E-state index contributed by atoms with van der Waals surface area (Å²) in [5, 5.41) is 9.56. The number of methoxy groups -OCH3 is 1. The van der Waals surface area contributed by atoms with Gasteiger partial charge in [0.1, 0.15) is 11.3 Å². The van der Waals surface area contributed by atoms with Gasteiger partial charge in [0.05, 0.1) is 7.11 Å². The molecular weight excluding hydrogens is 230 g/mol. The number of rotatable bonds is 2. The van der Waals surface area contributed by atoms with Crippen molar-refractivity contribution in [3.05, 3.63) is 42.5 Å². The van der Waals surface area contributed by atoms with E-state index < -0.39 is 0 Å². The number of oxazole rings is 1. The number of fused-ring (bicyclic) bond motifs is 1. The molecule has 0 bridgehead atoms. The number of phenols is 1. The zero-order valence-corrected chi connectivity index (χ0v) is 9.75. The van der Waals surface area contributed by atoms with E-state index in [9.17, 15) is 5.11 Å². The standard InChI is InChI=1S/C14H11NO3/c1-17-12-8-10(16)7-11-13(12)18-14(15-11)9-5-3-2-4-6-9/h2-8,16H,1H3. The van der Waals surface area contributed by atoms with E-state index in [0.717, 1.165) is 5.56 Å². The summed E-state index contributed by atoms with van der Waals surface area (Å²) in [6.07, 6.45) is 0. The molecule has 0 saturated heterocycles. The molecule has 0 aliphatic rings. The van der Waals surface area contributed by atoms with Gasteiger partial charge in [-0.1, -0.05) is 18.2 Å². The van der Waals surface area contributed by atoms with Crippen LogP contribution in [0.1, 0.15) is 0 Å². The fourth-order valence-electron chi connectivity index (χ4n) is 1.84. The Bertz CT molecular complexity index is 689. The van der Waals surface area contributed by atoms with E-state index >= 15 is 0 Å². The van der Waals surface area contributed by atoms with Crippen molar-refractivity contribution in [2.24, 2.45) is 0 Å². The van der Waals surface area contributed by atoms with Crippen molar-refractivity contribution < 1.29 is 14.3 Å². The van der Waals surface area contributed by atoms with Crippen molar-refractivity contribution in [3.8, 4) is 23.0 Å². The van der Waals surface area contributed by atoms with E-state index in [2.05, 4.69) is 4.98 Å². The van der Waals surface area contributed by atoms with E-state index in [0.29, 0.717) is 22.7 Å². The van der Waals surface area contributed by atoms with Crippen molar-refractivity contribution >= 4 is 11.1 Å². The van der Waals surface area contributed by atoms with Crippen molar-refractivity contribution in [2.75, 3.05) is 7.11 Å². The minimum Gasteiger partial charge on any atom is -0.508 e. The number of benzene rings is 2.